The fourth-order valence-corrected chi connectivity index (χ4v) is 4.57. The molecule has 6 heteroatoms. The lowest BCUT2D eigenvalue weighted by atomic mass is 10.1. The van der Waals surface area contributed by atoms with Crippen molar-refractivity contribution in [3.8, 4) is 0 Å². The van der Waals surface area contributed by atoms with Crippen LogP contribution in [-0.2, 0) is 21.2 Å². The van der Waals surface area contributed by atoms with Crippen LogP contribution in [-0.4, -0.2) is 38.3 Å². The number of rotatable bonds is 6. The molecule has 1 unspecified atom stereocenters. The molecule has 3 rings (SSSR count). The highest BCUT2D eigenvalue weighted by molar-refractivity contribution is 7.89. The van der Waals surface area contributed by atoms with Gasteiger partial charge in [-0.2, -0.15) is 0 Å². The van der Waals surface area contributed by atoms with Crippen LogP contribution in [0.25, 0.3) is 0 Å². The van der Waals surface area contributed by atoms with E-state index in [9.17, 15) is 13.2 Å². The second kappa shape index (κ2) is 6.48. The Morgan fingerprint density at radius 3 is 2.67 bits per heavy atom. The summed E-state index contributed by atoms with van der Waals surface area (Å²) in [7, 11) is -1.83. The number of amides is 1. The smallest absolute Gasteiger partial charge is 0.242 e. The van der Waals surface area contributed by atoms with Gasteiger partial charge in [0.05, 0.1) is 4.90 Å². The van der Waals surface area contributed by atoms with Crippen molar-refractivity contribution in [2.75, 3.05) is 18.5 Å². The molecule has 24 heavy (non-hydrogen) atoms. The topological polar surface area (TPSA) is 57.7 Å². The molecule has 0 N–H and O–H groups in total. The Kier molecular flexibility index (Phi) is 4.71. The maximum absolute atomic E-state index is 12.7. The summed E-state index contributed by atoms with van der Waals surface area (Å²) < 4.78 is 26.8. The molecule has 0 aromatic heterocycles. The second-order valence-corrected chi connectivity index (χ2v) is 9.05. The lowest BCUT2D eigenvalue weighted by molar-refractivity contribution is -0.120. The lowest BCUT2D eigenvalue weighted by Crippen LogP contribution is -2.36. The van der Waals surface area contributed by atoms with Crippen LogP contribution in [0, 0.1) is 5.92 Å². The van der Waals surface area contributed by atoms with Crippen LogP contribution in [0.1, 0.15) is 45.1 Å². The zero-order chi connectivity index (χ0) is 17.5. The molecule has 132 valence electrons. The van der Waals surface area contributed by atoms with Gasteiger partial charge in [0.25, 0.3) is 0 Å². The molecule has 1 heterocycles. The molecule has 1 fully saturated rings. The molecule has 1 aromatic carbocycles. The maximum atomic E-state index is 12.7. The van der Waals surface area contributed by atoms with E-state index in [2.05, 4.69) is 0 Å². The summed E-state index contributed by atoms with van der Waals surface area (Å²) in [4.78, 5) is 14.7. The minimum atomic E-state index is -3.46. The number of fused-ring (bicyclic) bond motifs is 1. The average molecular weight is 350 g/mol. The van der Waals surface area contributed by atoms with Crippen molar-refractivity contribution in [1.82, 2.24) is 4.31 Å². The Balaban J connectivity index is 1.87. The van der Waals surface area contributed by atoms with Crippen LogP contribution < -0.4 is 4.90 Å². The molecule has 1 saturated carbocycles. The lowest BCUT2D eigenvalue weighted by Gasteiger charge is -2.23. The van der Waals surface area contributed by atoms with Crippen molar-refractivity contribution in [2.24, 2.45) is 5.92 Å². The normalized spacial score (nSPS) is 20.5. The van der Waals surface area contributed by atoms with E-state index in [4.69, 9.17) is 0 Å². The number of benzene rings is 1. The molecular weight excluding hydrogens is 324 g/mol. The first-order chi connectivity index (χ1) is 11.4. The van der Waals surface area contributed by atoms with Gasteiger partial charge in [0, 0.05) is 31.2 Å². The summed E-state index contributed by atoms with van der Waals surface area (Å²) in [5, 5.41) is 0. The number of anilines is 1. The number of hydrogen-bond donors (Lipinski definition) is 0. The second-order valence-electron chi connectivity index (χ2n) is 7.01. The summed E-state index contributed by atoms with van der Waals surface area (Å²) in [6, 6.07) is 5.30. The molecule has 1 aromatic rings. The van der Waals surface area contributed by atoms with Crippen molar-refractivity contribution >= 4 is 21.6 Å². The molecular formula is C18H26N2O3S. The molecule has 1 atom stereocenters. The summed E-state index contributed by atoms with van der Waals surface area (Å²) in [6.07, 6.45) is 4.48. The SMILES string of the molecule is CCCCN(C)S(=O)(=O)c1ccc2c(c1)CC(C)N2C(=O)C1CC1. The zero-order valence-corrected chi connectivity index (χ0v) is 15.5. The highest BCUT2D eigenvalue weighted by Crippen LogP contribution is 2.39. The Morgan fingerprint density at radius 1 is 1.33 bits per heavy atom. The molecule has 0 saturated heterocycles. The molecule has 2 aliphatic rings. The zero-order valence-electron chi connectivity index (χ0n) is 14.7. The van der Waals surface area contributed by atoms with Crippen LogP contribution in [0.5, 0.6) is 0 Å². The van der Waals surface area contributed by atoms with Crippen molar-refractivity contribution in [1.29, 1.82) is 0 Å². The van der Waals surface area contributed by atoms with Crippen LogP contribution in [0.3, 0.4) is 0 Å². The van der Waals surface area contributed by atoms with Gasteiger partial charge in [-0.15, -0.1) is 0 Å². The van der Waals surface area contributed by atoms with Gasteiger partial charge in [0.1, 0.15) is 0 Å². The summed E-state index contributed by atoms with van der Waals surface area (Å²) in [6.45, 7) is 4.60. The van der Waals surface area contributed by atoms with Crippen molar-refractivity contribution in [2.45, 2.75) is 56.9 Å². The van der Waals surface area contributed by atoms with Gasteiger partial charge in [0.15, 0.2) is 0 Å². The predicted molar refractivity (Wildman–Crippen MR) is 94.5 cm³/mol. The summed E-state index contributed by atoms with van der Waals surface area (Å²) in [5.41, 5.74) is 1.84. The fourth-order valence-electron chi connectivity index (χ4n) is 3.31. The largest absolute Gasteiger partial charge is 0.309 e. The maximum Gasteiger partial charge on any atom is 0.242 e. The Hall–Kier alpha value is -1.40. The number of carbonyl (C=O) groups is 1. The van der Waals surface area contributed by atoms with Crippen LogP contribution in [0.4, 0.5) is 5.69 Å². The van der Waals surface area contributed by atoms with Gasteiger partial charge in [-0.05, 0) is 56.4 Å². The third-order valence-corrected chi connectivity index (χ3v) is 6.82. The van der Waals surface area contributed by atoms with Crippen LogP contribution in [0.2, 0.25) is 0 Å². The first kappa shape index (κ1) is 17.4. The van der Waals surface area contributed by atoms with Gasteiger partial charge in [-0.3, -0.25) is 4.79 Å². The number of sulfonamides is 1. The summed E-state index contributed by atoms with van der Waals surface area (Å²) in [5.74, 6) is 0.360. The number of hydrogen-bond acceptors (Lipinski definition) is 3. The average Bonchev–Trinajstić information content (AvgIpc) is 3.33. The van der Waals surface area contributed by atoms with Crippen molar-refractivity contribution < 1.29 is 13.2 Å². The minimum absolute atomic E-state index is 0.101. The van der Waals surface area contributed by atoms with E-state index in [1.54, 1.807) is 25.2 Å². The number of carbonyl (C=O) groups excluding carboxylic acids is 1. The van der Waals surface area contributed by atoms with E-state index >= 15 is 0 Å². The molecule has 0 radical (unpaired) electrons. The Morgan fingerprint density at radius 2 is 2.04 bits per heavy atom. The minimum Gasteiger partial charge on any atom is -0.309 e. The quantitative estimate of drug-likeness (QED) is 0.793. The Bertz CT molecular complexity index is 741. The molecule has 1 aliphatic heterocycles. The van der Waals surface area contributed by atoms with Crippen molar-refractivity contribution in [3.63, 3.8) is 0 Å². The highest BCUT2D eigenvalue weighted by Gasteiger charge is 2.39. The van der Waals surface area contributed by atoms with E-state index in [0.29, 0.717) is 11.4 Å². The van der Waals surface area contributed by atoms with E-state index in [1.165, 1.54) is 4.31 Å². The standard InChI is InChI=1S/C18H26N2O3S/c1-4-5-10-19(3)24(22,23)16-8-9-17-15(12-16)11-13(2)20(17)18(21)14-6-7-14/h8-9,12-14H,4-7,10-11H2,1-3H3. The van der Waals surface area contributed by atoms with Gasteiger partial charge >= 0.3 is 0 Å². The first-order valence-corrected chi connectivity index (χ1v) is 10.2. The molecule has 0 spiro atoms. The third-order valence-electron chi connectivity index (χ3n) is 4.97. The summed E-state index contributed by atoms with van der Waals surface area (Å²) >= 11 is 0. The fraction of sp³-hybridized carbons (Fsp3) is 0.611. The molecule has 0 bridgehead atoms. The van der Waals surface area contributed by atoms with Crippen LogP contribution in [0.15, 0.2) is 23.1 Å². The van der Waals surface area contributed by atoms with E-state index in [1.807, 2.05) is 18.7 Å². The number of nitrogens with zero attached hydrogens (tertiary/aromatic N) is 2. The van der Waals surface area contributed by atoms with Crippen LogP contribution >= 0.6 is 0 Å². The Labute approximate surface area is 144 Å². The first-order valence-electron chi connectivity index (χ1n) is 8.78. The molecule has 1 aliphatic carbocycles. The van der Waals surface area contributed by atoms with E-state index in [0.717, 1.165) is 43.4 Å². The molecule has 1 amide bonds. The van der Waals surface area contributed by atoms with Gasteiger partial charge < -0.3 is 4.90 Å². The number of unbranched alkanes of at least 4 members (excludes halogenated alkanes) is 1. The van der Waals surface area contributed by atoms with E-state index in [-0.39, 0.29) is 17.9 Å². The van der Waals surface area contributed by atoms with Gasteiger partial charge in [-0.25, -0.2) is 12.7 Å². The highest BCUT2D eigenvalue weighted by atomic mass is 32.2. The molecule has 5 nitrogen and oxygen atoms in total. The van der Waals surface area contributed by atoms with E-state index < -0.39 is 10.0 Å². The van der Waals surface area contributed by atoms with Gasteiger partial charge in [0.2, 0.25) is 15.9 Å². The van der Waals surface area contributed by atoms with Crippen molar-refractivity contribution in [3.05, 3.63) is 23.8 Å². The van der Waals surface area contributed by atoms with Gasteiger partial charge in [-0.1, -0.05) is 13.3 Å². The monoisotopic (exact) mass is 350 g/mol. The predicted octanol–water partition coefficient (Wildman–Crippen LogP) is 2.79. The third kappa shape index (κ3) is 3.09.